The quantitative estimate of drug-likeness (QED) is 0.612. The lowest BCUT2D eigenvalue weighted by molar-refractivity contribution is -0.136. The average molecular weight is 312 g/mol. The van der Waals surface area contributed by atoms with Crippen molar-refractivity contribution < 1.29 is 14.3 Å². The average Bonchev–Trinajstić information content (AvgIpc) is 2.47. The van der Waals surface area contributed by atoms with Crippen LogP contribution in [-0.2, 0) is 10.2 Å². The minimum Gasteiger partial charge on any atom is -0.482 e. The van der Waals surface area contributed by atoms with Crippen LogP contribution in [0.15, 0.2) is 42.5 Å². The lowest BCUT2D eigenvalue weighted by Gasteiger charge is -2.23. The number of hydrogen-bond acceptors (Lipinski definition) is 3. The van der Waals surface area contributed by atoms with Crippen molar-refractivity contribution in [2.75, 3.05) is 6.61 Å². The number of hydrogen-bond donors (Lipinski definition) is 0. The van der Waals surface area contributed by atoms with E-state index in [1.54, 1.807) is 6.07 Å². The van der Waals surface area contributed by atoms with Crippen molar-refractivity contribution in [2.24, 2.45) is 0 Å². The molecule has 0 bridgehead atoms. The smallest absolute Gasteiger partial charge is 0.349 e. The summed E-state index contributed by atoms with van der Waals surface area (Å²) in [6.45, 7) is 10.2. The Bertz CT molecular complexity index is 696. The van der Waals surface area contributed by atoms with E-state index in [0.29, 0.717) is 5.75 Å². The zero-order chi connectivity index (χ0) is 17.0. The molecule has 0 spiro atoms. The highest BCUT2D eigenvalue weighted by atomic mass is 16.6. The highest BCUT2D eigenvalue weighted by Gasteiger charge is 2.20. The molecule has 0 saturated carbocycles. The van der Waals surface area contributed by atoms with Gasteiger partial charge in [0.1, 0.15) is 11.5 Å². The predicted octanol–water partition coefficient (Wildman–Crippen LogP) is 4.59. The van der Waals surface area contributed by atoms with Gasteiger partial charge in [0.05, 0.1) is 0 Å². The van der Waals surface area contributed by atoms with Crippen molar-refractivity contribution in [1.82, 2.24) is 0 Å². The van der Waals surface area contributed by atoms with Crippen LogP contribution in [0.2, 0.25) is 0 Å². The number of ether oxygens (including phenoxy) is 2. The van der Waals surface area contributed by atoms with Crippen LogP contribution in [-0.4, -0.2) is 12.6 Å². The maximum absolute atomic E-state index is 12.0. The Morgan fingerprint density at radius 2 is 1.70 bits per heavy atom. The summed E-state index contributed by atoms with van der Waals surface area (Å²) in [7, 11) is 0. The third-order valence-electron chi connectivity index (χ3n) is 3.61. The van der Waals surface area contributed by atoms with Crippen LogP contribution < -0.4 is 9.47 Å². The Balaban J connectivity index is 2.06. The molecule has 3 nitrogen and oxygen atoms in total. The van der Waals surface area contributed by atoms with Gasteiger partial charge >= 0.3 is 5.97 Å². The number of aryl methyl sites for hydroxylation is 2. The van der Waals surface area contributed by atoms with E-state index in [2.05, 4.69) is 26.8 Å². The fraction of sp³-hybridized carbons (Fsp3) is 0.350. The van der Waals surface area contributed by atoms with Crippen molar-refractivity contribution >= 4 is 5.97 Å². The molecular formula is C20H24O3. The SMILES string of the molecule is Cc1ccc(OCC(=O)Oc2ccccc2C)c(C(C)(C)C)c1. The minimum absolute atomic E-state index is 0.0543. The van der Waals surface area contributed by atoms with E-state index in [-0.39, 0.29) is 12.0 Å². The van der Waals surface area contributed by atoms with Gasteiger partial charge in [0.15, 0.2) is 6.61 Å². The van der Waals surface area contributed by atoms with Crippen LogP contribution in [0.25, 0.3) is 0 Å². The monoisotopic (exact) mass is 312 g/mol. The minimum atomic E-state index is -0.403. The second-order valence-electron chi connectivity index (χ2n) is 6.78. The molecule has 122 valence electrons. The Morgan fingerprint density at radius 1 is 1.00 bits per heavy atom. The normalized spacial score (nSPS) is 11.2. The zero-order valence-electron chi connectivity index (χ0n) is 14.5. The lowest BCUT2D eigenvalue weighted by atomic mass is 9.85. The van der Waals surface area contributed by atoms with E-state index in [9.17, 15) is 4.79 Å². The third kappa shape index (κ3) is 4.59. The van der Waals surface area contributed by atoms with E-state index < -0.39 is 5.97 Å². The molecule has 2 aromatic rings. The summed E-state index contributed by atoms with van der Waals surface area (Å²) in [6.07, 6.45) is 0. The van der Waals surface area contributed by atoms with Gasteiger partial charge < -0.3 is 9.47 Å². The first-order chi connectivity index (χ1) is 10.8. The summed E-state index contributed by atoms with van der Waals surface area (Å²) in [5.74, 6) is 0.894. The van der Waals surface area contributed by atoms with Gasteiger partial charge in [-0.1, -0.05) is 56.7 Å². The van der Waals surface area contributed by atoms with Crippen molar-refractivity contribution in [3.05, 3.63) is 59.2 Å². The number of para-hydroxylation sites is 1. The van der Waals surface area contributed by atoms with E-state index in [0.717, 1.165) is 16.9 Å². The molecule has 0 saturated heterocycles. The van der Waals surface area contributed by atoms with Gasteiger partial charge in [0.25, 0.3) is 0 Å². The molecule has 3 heteroatoms. The van der Waals surface area contributed by atoms with Crippen molar-refractivity contribution in [1.29, 1.82) is 0 Å². The lowest BCUT2D eigenvalue weighted by Crippen LogP contribution is -2.20. The maximum Gasteiger partial charge on any atom is 0.349 e. The molecule has 0 radical (unpaired) electrons. The first-order valence-corrected chi connectivity index (χ1v) is 7.77. The molecule has 0 aliphatic rings. The van der Waals surface area contributed by atoms with Gasteiger partial charge in [-0.05, 0) is 42.5 Å². The summed E-state index contributed by atoms with van der Waals surface area (Å²) in [5, 5.41) is 0. The second-order valence-corrected chi connectivity index (χ2v) is 6.78. The summed E-state index contributed by atoms with van der Waals surface area (Å²) in [4.78, 5) is 12.0. The van der Waals surface area contributed by atoms with E-state index >= 15 is 0 Å². The Hall–Kier alpha value is -2.29. The fourth-order valence-electron chi connectivity index (χ4n) is 2.32. The number of esters is 1. The molecule has 23 heavy (non-hydrogen) atoms. The highest BCUT2D eigenvalue weighted by molar-refractivity contribution is 5.74. The number of rotatable bonds is 4. The Kier molecular flexibility index (Phi) is 5.09. The van der Waals surface area contributed by atoms with Crippen LogP contribution in [0, 0.1) is 13.8 Å². The molecule has 0 aromatic heterocycles. The molecule has 0 amide bonds. The van der Waals surface area contributed by atoms with Gasteiger partial charge in [-0.25, -0.2) is 4.79 Å². The predicted molar refractivity (Wildman–Crippen MR) is 92.2 cm³/mol. The molecule has 0 aliphatic heterocycles. The summed E-state index contributed by atoms with van der Waals surface area (Å²) in [6, 6.07) is 13.4. The van der Waals surface area contributed by atoms with Crippen LogP contribution in [0.5, 0.6) is 11.5 Å². The molecule has 2 rings (SSSR count). The first kappa shape index (κ1) is 17.1. The standard InChI is InChI=1S/C20H24O3/c1-14-10-11-18(16(12-14)20(3,4)5)22-13-19(21)23-17-9-7-6-8-15(17)2/h6-12H,13H2,1-5H3. The van der Waals surface area contributed by atoms with Crippen molar-refractivity contribution in [3.63, 3.8) is 0 Å². The third-order valence-corrected chi connectivity index (χ3v) is 3.61. The summed E-state index contributed by atoms with van der Waals surface area (Å²) in [5.41, 5.74) is 3.12. The molecule has 0 aliphatic carbocycles. The van der Waals surface area contributed by atoms with Crippen LogP contribution >= 0.6 is 0 Å². The molecule has 0 N–H and O–H groups in total. The topological polar surface area (TPSA) is 35.5 Å². The largest absolute Gasteiger partial charge is 0.482 e. The van der Waals surface area contributed by atoms with Crippen LogP contribution in [0.4, 0.5) is 0 Å². The zero-order valence-corrected chi connectivity index (χ0v) is 14.5. The highest BCUT2D eigenvalue weighted by Crippen LogP contribution is 2.32. The Morgan fingerprint density at radius 3 is 2.35 bits per heavy atom. The molecular weight excluding hydrogens is 288 g/mol. The number of carbonyl (C=O) groups excluding carboxylic acids is 1. The van der Waals surface area contributed by atoms with Crippen molar-refractivity contribution in [3.8, 4) is 11.5 Å². The van der Waals surface area contributed by atoms with E-state index in [4.69, 9.17) is 9.47 Å². The summed E-state index contributed by atoms with van der Waals surface area (Å²) >= 11 is 0. The van der Waals surface area contributed by atoms with E-state index in [1.807, 2.05) is 44.2 Å². The van der Waals surface area contributed by atoms with Gasteiger partial charge in [0, 0.05) is 0 Å². The number of benzene rings is 2. The van der Waals surface area contributed by atoms with Gasteiger partial charge in [-0.15, -0.1) is 0 Å². The molecule has 0 unspecified atom stereocenters. The molecule has 0 heterocycles. The fourth-order valence-corrected chi connectivity index (χ4v) is 2.32. The van der Waals surface area contributed by atoms with Crippen molar-refractivity contribution in [2.45, 2.75) is 40.0 Å². The van der Waals surface area contributed by atoms with Gasteiger partial charge in [0.2, 0.25) is 0 Å². The Labute approximate surface area is 138 Å². The van der Waals surface area contributed by atoms with Gasteiger partial charge in [-0.2, -0.15) is 0 Å². The maximum atomic E-state index is 12.0. The number of carbonyl (C=O) groups is 1. The molecule has 0 fully saturated rings. The van der Waals surface area contributed by atoms with Gasteiger partial charge in [-0.3, -0.25) is 0 Å². The van der Waals surface area contributed by atoms with Crippen LogP contribution in [0.3, 0.4) is 0 Å². The van der Waals surface area contributed by atoms with Crippen LogP contribution in [0.1, 0.15) is 37.5 Å². The van der Waals surface area contributed by atoms with E-state index in [1.165, 1.54) is 5.56 Å². The second kappa shape index (κ2) is 6.86. The molecule has 0 atom stereocenters. The summed E-state index contributed by atoms with van der Waals surface area (Å²) < 4.78 is 11.1. The molecule has 2 aromatic carbocycles. The first-order valence-electron chi connectivity index (χ1n) is 7.77.